The minimum absolute atomic E-state index is 0.227. The normalized spacial score (nSPS) is 12.1. The molecule has 0 saturated heterocycles. The van der Waals surface area contributed by atoms with E-state index in [1.165, 1.54) is 0 Å². The molecule has 1 rings (SSSR count). The van der Waals surface area contributed by atoms with Gasteiger partial charge in [-0.05, 0) is 19.2 Å². The second kappa shape index (κ2) is 6.67. The van der Waals surface area contributed by atoms with Gasteiger partial charge >= 0.3 is 0 Å². The van der Waals surface area contributed by atoms with Gasteiger partial charge in [0.1, 0.15) is 0 Å². The van der Waals surface area contributed by atoms with E-state index in [0.29, 0.717) is 13.1 Å². The zero-order chi connectivity index (χ0) is 12.7. The predicted molar refractivity (Wildman–Crippen MR) is 66.3 cm³/mol. The lowest BCUT2D eigenvalue weighted by molar-refractivity contribution is -0.0260. The molecule has 0 spiro atoms. The molecule has 0 aromatic heterocycles. The molecular formula is C13H20F2N2. The van der Waals surface area contributed by atoms with Crippen molar-refractivity contribution in [3.8, 4) is 0 Å². The highest BCUT2D eigenvalue weighted by molar-refractivity contribution is 5.14. The first-order valence-electron chi connectivity index (χ1n) is 5.84. The fraction of sp³-hybridized carbons (Fsp3) is 0.538. The van der Waals surface area contributed by atoms with Crippen LogP contribution < -0.4 is 5.32 Å². The lowest BCUT2D eigenvalue weighted by Gasteiger charge is -2.24. The second-order valence-electron chi connectivity index (χ2n) is 4.29. The summed E-state index contributed by atoms with van der Waals surface area (Å²) in [7, 11) is 1.72. The van der Waals surface area contributed by atoms with Crippen molar-refractivity contribution < 1.29 is 8.78 Å². The summed E-state index contributed by atoms with van der Waals surface area (Å²) in [6.07, 6.45) is 0. The van der Waals surface area contributed by atoms with Gasteiger partial charge in [0.15, 0.2) is 0 Å². The monoisotopic (exact) mass is 242 g/mol. The van der Waals surface area contributed by atoms with Crippen LogP contribution in [0.5, 0.6) is 0 Å². The fourth-order valence-electron chi connectivity index (χ4n) is 1.71. The lowest BCUT2D eigenvalue weighted by Crippen LogP contribution is -2.41. The van der Waals surface area contributed by atoms with Gasteiger partial charge in [-0.2, -0.15) is 0 Å². The molecule has 0 bridgehead atoms. The molecule has 2 nitrogen and oxygen atoms in total. The number of nitrogens with one attached hydrogen (secondary N) is 1. The number of rotatable bonds is 7. The molecule has 17 heavy (non-hydrogen) atoms. The zero-order valence-corrected chi connectivity index (χ0v) is 10.4. The van der Waals surface area contributed by atoms with E-state index < -0.39 is 5.92 Å². The number of halogens is 2. The molecule has 0 aliphatic carbocycles. The standard InChI is InChI=1S/C13H20F2N2/c1-3-16-10-13(14,15)11-17(2)9-12-7-5-4-6-8-12/h4-8,16H,3,9-11H2,1-2H3. The van der Waals surface area contributed by atoms with Crippen LogP contribution in [-0.2, 0) is 6.54 Å². The van der Waals surface area contributed by atoms with Crippen LogP contribution in [0, 0.1) is 0 Å². The van der Waals surface area contributed by atoms with Gasteiger partial charge in [0.05, 0.1) is 13.1 Å². The maximum Gasteiger partial charge on any atom is 0.272 e. The lowest BCUT2D eigenvalue weighted by atomic mass is 10.2. The summed E-state index contributed by atoms with van der Waals surface area (Å²) >= 11 is 0. The molecule has 4 heteroatoms. The minimum Gasteiger partial charge on any atom is -0.311 e. The molecule has 0 amide bonds. The molecule has 1 aromatic rings. The molecule has 0 atom stereocenters. The third-order valence-corrected chi connectivity index (χ3v) is 2.43. The zero-order valence-electron chi connectivity index (χ0n) is 10.4. The van der Waals surface area contributed by atoms with Crippen LogP contribution in [0.4, 0.5) is 8.78 Å². The van der Waals surface area contributed by atoms with Gasteiger partial charge in [-0.25, -0.2) is 8.78 Å². The Labute approximate surface area is 102 Å². The fourth-order valence-corrected chi connectivity index (χ4v) is 1.71. The Morgan fingerprint density at radius 3 is 2.47 bits per heavy atom. The molecule has 0 fully saturated rings. The van der Waals surface area contributed by atoms with Gasteiger partial charge < -0.3 is 5.32 Å². The Bertz CT molecular complexity index is 314. The van der Waals surface area contributed by atoms with E-state index in [1.54, 1.807) is 11.9 Å². The summed E-state index contributed by atoms with van der Waals surface area (Å²) in [6, 6.07) is 9.64. The smallest absolute Gasteiger partial charge is 0.272 e. The first-order chi connectivity index (χ1) is 8.03. The van der Waals surface area contributed by atoms with Gasteiger partial charge in [-0.15, -0.1) is 0 Å². The number of nitrogens with zero attached hydrogens (tertiary/aromatic N) is 1. The average molecular weight is 242 g/mol. The van der Waals surface area contributed by atoms with E-state index in [0.717, 1.165) is 5.56 Å². The number of alkyl halides is 2. The van der Waals surface area contributed by atoms with Gasteiger partial charge in [0.2, 0.25) is 0 Å². The molecular weight excluding hydrogens is 222 g/mol. The van der Waals surface area contributed by atoms with E-state index in [2.05, 4.69) is 5.32 Å². The molecule has 1 aromatic carbocycles. The molecule has 0 radical (unpaired) electrons. The van der Waals surface area contributed by atoms with Crippen LogP contribution in [0.2, 0.25) is 0 Å². The highest BCUT2D eigenvalue weighted by Crippen LogP contribution is 2.14. The highest BCUT2D eigenvalue weighted by Gasteiger charge is 2.29. The molecule has 0 unspecified atom stereocenters. The molecule has 96 valence electrons. The van der Waals surface area contributed by atoms with Crippen LogP contribution in [0.25, 0.3) is 0 Å². The van der Waals surface area contributed by atoms with E-state index in [-0.39, 0.29) is 13.1 Å². The Kier molecular flexibility index (Phi) is 5.51. The summed E-state index contributed by atoms with van der Waals surface area (Å²) in [5, 5.41) is 2.68. The van der Waals surface area contributed by atoms with Crippen LogP contribution in [0.15, 0.2) is 30.3 Å². The van der Waals surface area contributed by atoms with Crippen molar-refractivity contribution >= 4 is 0 Å². The van der Waals surface area contributed by atoms with E-state index >= 15 is 0 Å². The average Bonchev–Trinajstić information content (AvgIpc) is 2.27. The van der Waals surface area contributed by atoms with Crippen LogP contribution in [0.1, 0.15) is 12.5 Å². The maximum absolute atomic E-state index is 13.5. The summed E-state index contributed by atoms with van der Waals surface area (Å²) < 4.78 is 26.9. The topological polar surface area (TPSA) is 15.3 Å². The Morgan fingerprint density at radius 1 is 1.24 bits per heavy atom. The maximum atomic E-state index is 13.5. The molecule has 1 N–H and O–H groups in total. The van der Waals surface area contributed by atoms with Crippen molar-refractivity contribution in [3.63, 3.8) is 0 Å². The first-order valence-corrected chi connectivity index (χ1v) is 5.84. The van der Waals surface area contributed by atoms with Gasteiger partial charge in [0.25, 0.3) is 5.92 Å². The van der Waals surface area contributed by atoms with Gasteiger partial charge in [-0.3, -0.25) is 4.90 Å². The summed E-state index contributed by atoms with van der Waals surface area (Å²) in [5.41, 5.74) is 1.05. The molecule has 0 aliphatic rings. The van der Waals surface area contributed by atoms with Crippen LogP contribution >= 0.6 is 0 Å². The first kappa shape index (κ1) is 14.1. The Hall–Kier alpha value is -1.00. The summed E-state index contributed by atoms with van der Waals surface area (Å²) in [4.78, 5) is 1.65. The van der Waals surface area contributed by atoms with E-state index in [1.807, 2.05) is 37.3 Å². The SMILES string of the molecule is CCNCC(F)(F)CN(C)Cc1ccccc1. The van der Waals surface area contributed by atoms with Crippen molar-refractivity contribution in [2.75, 3.05) is 26.7 Å². The third kappa shape index (κ3) is 5.75. The summed E-state index contributed by atoms with van der Waals surface area (Å²) in [6.45, 7) is 2.45. The van der Waals surface area contributed by atoms with Crippen molar-refractivity contribution in [3.05, 3.63) is 35.9 Å². The summed E-state index contributed by atoms with van der Waals surface area (Å²) in [5.74, 6) is -2.68. The molecule has 0 aliphatic heterocycles. The van der Waals surface area contributed by atoms with E-state index in [9.17, 15) is 8.78 Å². The van der Waals surface area contributed by atoms with Crippen molar-refractivity contribution in [1.29, 1.82) is 0 Å². The van der Waals surface area contributed by atoms with Crippen LogP contribution in [0.3, 0.4) is 0 Å². The quantitative estimate of drug-likeness (QED) is 0.789. The number of benzene rings is 1. The van der Waals surface area contributed by atoms with Crippen LogP contribution in [-0.4, -0.2) is 37.5 Å². The molecule has 0 heterocycles. The minimum atomic E-state index is -2.68. The van der Waals surface area contributed by atoms with Gasteiger partial charge in [0, 0.05) is 6.54 Å². The van der Waals surface area contributed by atoms with Crippen molar-refractivity contribution in [1.82, 2.24) is 10.2 Å². The third-order valence-electron chi connectivity index (χ3n) is 2.43. The second-order valence-corrected chi connectivity index (χ2v) is 4.29. The number of hydrogen-bond acceptors (Lipinski definition) is 2. The van der Waals surface area contributed by atoms with Gasteiger partial charge in [-0.1, -0.05) is 37.3 Å². The van der Waals surface area contributed by atoms with Crippen molar-refractivity contribution in [2.45, 2.75) is 19.4 Å². The predicted octanol–water partition coefficient (Wildman–Crippen LogP) is 2.36. The van der Waals surface area contributed by atoms with E-state index in [4.69, 9.17) is 0 Å². The molecule has 0 saturated carbocycles. The van der Waals surface area contributed by atoms with Crippen molar-refractivity contribution in [2.24, 2.45) is 0 Å². The largest absolute Gasteiger partial charge is 0.311 e. The Balaban J connectivity index is 2.41. The highest BCUT2D eigenvalue weighted by atomic mass is 19.3. The number of hydrogen-bond donors (Lipinski definition) is 1. The Morgan fingerprint density at radius 2 is 1.88 bits per heavy atom.